The molecule has 1 rings (SSSR count). The molecule has 0 bridgehead atoms. The minimum atomic E-state index is -0.241. The average molecular weight is 287 g/mol. The largest absolute Gasteiger partial charge is 0.309 e. The van der Waals surface area contributed by atoms with Gasteiger partial charge in [-0.2, -0.15) is 0 Å². The Morgan fingerprint density at radius 2 is 2.00 bits per heavy atom. The summed E-state index contributed by atoms with van der Waals surface area (Å²) in [6, 6.07) is 4.88. The fourth-order valence-electron chi connectivity index (χ4n) is 2.17. The number of likely N-dealkylation sites (N-methyl/N-ethyl adjacent to an activating group) is 1. The van der Waals surface area contributed by atoms with E-state index in [0.29, 0.717) is 23.5 Å². The van der Waals surface area contributed by atoms with Crippen LogP contribution >= 0.6 is 11.6 Å². The minimum absolute atomic E-state index is 0.241. The van der Waals surface area contributed by atoms with E-state index >= 15 is 0 Å². The normalized spacial score (nSPS) is 13.3. The number of nitrogens with one attached hydrogen (secondary N) is 1. The summed E-state index contributed by atoms with van der Waals surface area (Å²) >= 11 is 6.07. The maximum Gasteiger partial charge on any atom is 0.123 e. The summed E-state index contributed by atoms with van der Waals surface area (Å²) in [7, 11) is 4.12. The van der Waals surface area contributed by atoms with Crippen LogP contribution in [-0.2, 0) is 6.54 Å². The van der Waals surface area contributed by atoms with Gasteiger partial charge in [-0.1, -0.05) is 25.4 Å². The van der Waals surface area contributed by atoms with Gasteiger partial charge in [0.1, 0.15) is 5.82 Å². The zero-order valence-electron chi connectivity index (χ0n) is 12.2. The quantitative estimate of drug-likeness (QED) is 0.825. The Kier molecular flexibility index (Phi) is 6.76. The second-order valence-electron chi connectivity index (χ2n) is 5.71. The second kappa shape index (κ2) is 7.83. The Balaban J connectivity index is 2.61. The molecule has 0 radical (unpaired) electrons. The fraction of sp³-hybridized carbons (Fsp3) is 0.600. The molecule has 108 valence electrons. The van der Waals surface area contributed by atoms with Crippen molar-refractivity contribution in [3.05, 3.63) is 34.6 Å². The first-order valence-electron chi connectivity index (χ1n) is 6.70. The zero-order chi connectivity index (χ0) is 14.4. The highest BCUT2D eigenvalue weighted by Crippen LogP contribution is 2.17. The third-order valence-corrected chi connectivity index (χ3v) is 3.30. The molecule has 0 fully saturated rings. The first kappa shape index (κ1) is 16.4. The molecule has 4 heteroatoms. The van der Waals surface area contributed by atoms with Crippen LogP contribution < -0.4 is 5.32 Å². The van der Waals surface area contributed by atoms with Gasteiger partial charge < -0.3 is 10.2 Å². The summed E-state index contributed by atoms with van der Waals surface area (Å²) in [5.74, 6) is 0.384. The summed E-state index contributed by atoms with van der Waals surface area (Å²) < 4.78 is 13.2. The molecule has 0 aliphatic carbocycles. The molecule has 1 unspecified atom stereocenters. The molecule has 0 aliphatic heterocycles. The van der Waals surface area contributed by atoms with E-state index in [2.05, 4.69) is 38.2 Å². The van der Waals surface area contributed by atoms with E-state index in [4.69, 9.17) is 11.6 Å². The van der Waals surface area contributed by atoms with Crippen molar-refractivity contribution in [2.75, 3.05) is 20.6 Å². The smallest absolute Gasteiger partial charge is 0.123 e. The summed E-state index contributed by atoms with van der Waals surface area (Å²) in [6.45, 7) is 5.98. The number of hydrogen-bond acceptors (Lipinski definition) is 2. The third-order valence-electron chi connectivity index (χ3n) is 2.93. The standard InChI is InChI=1S/C15H24ClFN2/c1-11(2)7-14(10-19(3)4)18-9-12-8-13(17)5-6-15(12)16/h5-6,8,11,14,18H,7,9-10H2,1-4H3. The molecular weight excluding hydrogens is 263 g/mol. The maximum atomic E-state index is 13.2. The molecule has 1 atom stereocenters. The van der Waals surface area contributed by atoms with Gasteiger partial charge in [-0.15, -0.1) is 0 Å². The van der Waals surface area contributed by atoms with Crippen LogP contribution in [0.2, 0.25) is 5.02 Å². The number of benzene rings is 1. The predicted octanol–water partition coefficient (Wildman–Crippen LogP) is 3.55. The van der Waals surface area contributed by atoms with Gasteiger partial charge in [0.05, 0.1) is 0 Å². The van der Waals surface area contributed by atoms with Gasteiger partial charge in [0.2, 0.25) is 0 Å². The average Bonchev–Trinajstić information content (AvgIpc) is 2.28. The first-order valence-corrected chi connectivity index (χ1v) is 7.08. The molecule has 0 saturated heterocycles. The summed E-state index contributed by atoms with van der Waals surface area (Å²) in [4.78, 5) is 2.16. The van der Waals surface area contributed by atoms with Crippen LogP contribution in [-0.4, -0.2) is 31.6 Å². The van der Waals surface area contributed by atoms with Crippen molar-refractivity contribution in [3.63, 3.8) is 0 Å². The minimum Gasteiger partial charge on any atom is -0.309 e. The van der Waals surface area contributed by atoms with Gasteiger partial charge >= 0.3 is 0 Å². The van der Waals surface area contributed by atoms with Crippen LogP contribution in [0, 0.1) is 11.7 Å². The molecule has 0 amide bonds. The number of hydrogen-bond donors (Lipinski definition) is 1. The van der Waals surface area contributed by atoms with E-state index in [1.807, 2.05) is 0 Å². The van der Waals surface area contributed by atoms with Crippen LogP contribution in [0.4, 0.5) is 4.39 Å². The van der Waals surface area contributed by atoms with Gasteiger partial charge in [-0.25, -0.2) is 4.39 Å². The van der Waals surface area contributed by atoms with E-state index in [9.17, 15) is 4.39 Å². The summed E-state index contributed by atoms with van der Waals surface area (Å²) in [5.41, 5.74) is 0.814. The molecule has 1 aromatic rings. The van der Waals surface area contributed by atoms with E-state index in [-0.39, 0.29) is 5.82 Å². The lowest BCUT2D eigenvalue weighted by Gasteiger charge is -2.24. The Labute approximate surface area is 120 Å². The number of halogens is 2. The molecule has 2 nitrogen and oxygen atoms in total. The highest BCUT2D eigenvalue weighted by Gasteiger charge is 2.12. The van der Waals surface area contributed by atoms with E-state index < -0.39 is 0 Å². The van der Waals surface area contributed by atoms with Crippen molar-refractivity contribution in [1.82, 2.24) is 10.2 Å². The van der Waals surface area contributed by atoms with Crippen molar-refractivity contribution in [3.8, 4) is 0 Å². The Bertz CT molecular complexity index is 384. The first-order chi connectivity index (χ1) is 8.88. The molecular formula is C15H24ClFN2. The Hall–Kier alpha value is -0.640. The van der Waals surface area contributed by atoms with Gasteiger partial charge in [0.25, 0.3) is 0 Å². The summed E-state index contributed by atoms with van der Waals surface area (Å²) in [6.07, 6.45) is 1.09. The molecule has 0 aliphatic rings. The second-order valence-corrected chi connectivity index (χ2v) is 6.11. The molecule has 19 heavy (non-hydrogen) atoms. The topological polar surface area (TPSA) is 15.3 Å². The number of nitrogens with zero attached hydrogens (tertiary/aromatic N) is 1. The highest BCUT2D eigenvalue weighted by atomic mass is 35.5. The monoisotopic (exact) mass is 286 g/mol. The lowest BCUT2D eigenvalue weighted by Crippen LogP contribution is -2.38. The van der Waals surface area contributed by atoms with E-state index in [1.165, 1.54) is 12.1 Å². The van der Waals surface area contributed by atoms with Crippen LogP contribution in [0.25, 0.3) is 0 Å². The van der Waals surface area contributed by atoms with Crippen molar-refractivity contribution >= 4 is 11.6 Å². The Morgan fingerprint density at radius 1 is 1.32 bits per heavy atom. The van der Waals surface area contributed by atoms with Crippen LogP contribution in [0.15, 0.2) is 18.2 Å². The van der Waals surface area contributed by atoms with Crippen LogP contribution in [0.5, 0.6) is 0 Å². The van der Waals surface area contributed by atoms with Gasteiger partial charge in [0.15, 0.2) is 0 Å². The highest BCUT2D eigenvalue weighted by molar-refractivity contribution is 6.31. The van der Waals surface area contributed by atoms with Crippen molar-refractivity contribution in [2.45, 2.75) is 32.9 Å². The molecule has 0 aromatic heterocycles. The third kappa shape index (κ3) is 6.37. The van der Waals surface area contributed by atoms with Crippen LogP contribution in [0.1, 0.15) is 25.8 Å². The molecule has 0 heterocycles. The van der Waals surface area contributed by atoms with Crippen molar-refractivity contribution < 1.29 is 4.39 Å². The molecule has 1 aromatic carbocycles. The molecule has 0 saturated carbocycles. The fourth-order valence-corrected chi connectivity index (χ4v) is 2.35. The van der Waals surface area contributed by atoms with Gasteiger partial charge in [-0.05, 0) is 50.2 Å². The van der Waals surface area contributed by atoms with Gasteiger partial charge in [-0.3, -0.25) is 0 Å². The number of rotatable bonds is 7. The lowest BCUT2D eigenvalue weighted by molar-refractivity contribution is 0.305. The molecule has 0 spiro atoms. The van der Waals surface area contributed by atoms with E-state index in [1.54, 1.807) is 6.07 Å². The molecule has 1 N–H and O–H groups in total. The van der Waals surface area contributed by atoms with Crippen molar-refractivity contribution in [2.24, 2.45) is 5.92 Å². The lowest BCUT2D eigenvalue weighted by atomic mass is 10.0. The van der Waals surface area contributed by atoms with Gasteiger partial charge in [0, 0.05) is 24.2 Å². The van der Waals surface area contributed by atoms with E-state index in [0.717, 1.165) is 18.5 Å². The zero-order valence-corrected chi connectivity index (χ0v) is 13.0. The maximum absolute atomic E-state index is 13.2. The summed E-state index contributed by atoms with van der Waals surface area (Å²) in [5, 5.41) is 4.09. The van der Waals surface area contributed by atoms with Crippen molar-refractivity contribution in [1.29, 1.82) is 0 Å². The SMILES string of the molecule is CC(C)CC(CN(C)C)NCc1cc(F)ccc1Cl. The predicted molar refractivity (Wildman–Crippen MR) is 80.0 cm³/mol. The Morgan fingerprint density at radius 3 is 2.58 bits per heavy atom. The van der Waals surface area contributed by atoms with Crippen LogP contribution in [0.3, 0.4) is 0 Å².